The minimum atomic E-state index is -0.167. The average molecular weight is 382 g/mol. The number of fused-ring (bicyclic) bond motifs is 3. The number of benzene rings is 3. The summed E-state index contributed by atoms with van der Waals surface area (Å²) in [5.41, 5.74) is 4.66. The van der Waals surface area contributed by atoms with E-state index in [1.165, 1.54) is 0 Å². The molecule has 0 saturated carbocycles. The summed E-state index contributed by atoms with van der Waals surface area (Å²) in [6, 6.07) is 23.4. The predicted octanol–water partition coefficient (Wildman–Crippen LogP) is 4.90. The summed E-state index contributed by atoms with van der Waals surface area (Å²) < 4.78 is 12.6. The maximum absolute atomic E-state index is 13.6. The smallest absolute Gasteiger partial charge is 0.268 e. The largest absolute Gasteiger partial charge is 0.493 e. The summed E-state index contributed by atoms with van der Waals surface area (Å²) in [5, 5.41) is 0. The van der Waals surface area contributed by atoms with Gasteiger partial charge in [-0.05, 0) is 12.1 Å². The van der Waals surface area contributed by atoms with E-state index in [0.717, 1.165) is 28.1 Å². The van der Waals surface area contributed by atoms with Gasteiger partial charge >= 0.3 is 0 Å². The van der Waals surface area contributed by atoms with Crippen molar-refractivity contribution in [2.45, 2.75) is 0 Å². The highest BCUT2D eigenvalue weighted by Crippen LogP contribution is 2.46. The van der Waals surface area contributed by atoms with Crippen LogP contribution >= 0.6 is 0 Å². The summed E-state index contributed by atoms with van der Waals surface area (Å²) in [5.74, 6) is 1.40. The van der Waals surface area contributed by atoms with E-state index in [1.807, 2.05) is 66.7 Å². The van der Waals surface area contributed by atoms with Gasteiger partial charge in [-0.2, -0.15) is 0 Å². The van der Waals surface area contributed by atoms with Crippen LogP contribution in [-0.4, -0.2) is 29.7 Å². The Hall–Kier alpha value is -3.86. The Balaban J connectivity index is 1.83. The van der Waals surface area contributed by atoms with E-state index in [0.29, 0.717) is 22.9 Å². The molecule has 0 amide bonds. The molecule has 0 saturated heterocycles. The van der Waals surface area contributed by atoms with E-state index < -0.39 is 0 Å². The molecule has 0 N–H and O–H groups in total. The van der Waals surface area contributed by atoms with Gasteiger partial charge in [0.05, 0.1) is 31.2 Å². The number of aromatic nitrogens is 2. The molecule has 0 spiro atoms. The quantitative estimate of drug-likeness (QED) is 0.443. The van der Waals surface area contributed by atoms with Crippen LogP contribution in [0.25, 0.3) is 33.9 Å². The molecule has 0 aliphatic carbocycles. The van der Waals surface area contributed by atoms with E-state index in [1.54, 1.807) is 24.9 Å². The Bertz CT molecular complexity index is 1230. The Morgan fingerprint density at radius 2 is 1.45 bits per heavy atom. The molecule has 1 aliphatic heterocycles. The van der Waals surface area contributed by atoms with Crippen molar-refractivity contribution in [1.82, 2.24) is 9.55 Å². The normalized spacial score (nSPS) is 11.9. The molecule has 29 heavy (non-hydrogen) atoms. The lowest BCUT2D eigenvalue weighted by Gasteiger charge is -2.12. The van der Waals surface area contributed by atoms with Crippen molar-refractivity contribution >= 4 is 5.91 Å². The first-order valence-electron chi connectivity index (χ1n) is 9.28. The zero-order valence-corrected chi connectivity index (χ0v) is 16.0. The van der Waals surface area contributed by atoms with Crippen molar-refractivity contribution in [1.29, 1.82) is 0 Å². The summed E-state index contributed by atoms with van der Waals surface area (Å²) >= 11 is 0. The third-order valence-corrected chi connectivity index (χ3v) is 5.18. The van der Waals surface area contributed by atoms with Crippen LogP contribution in [0.1, 0.15) is 10.4 Å². The van der Waals surface area contributed by atoms with E-state index in [4.69, 9.17) is 14.5 Å². The highest BCUT2D eigenvalue weighted by Gasteiger charge is 2.37. The molecule has 0 atom stereocenters. The number of hydrogen-bond acceptors (Lipinski definition) is 4. The van der Waals surface area contributed by atoms with Crippen LogP contribution in [-0.2, 0) is 0 Å². The minimum absolute atomic E-state index is 0.167. The maximum atomic E-state index is 13.6. The second kappa shape index (κ2) is 6.63. The van der Waals surface area contributed by atoms with E-state index in [9.17, 15) is 4.79 Å². The number of carbonyl (C=O) groups is 1. The van der Waals surface area contributed by atoms with Gasteiger partial charge < -0.3 is 9.47 Å². The lowest BCUT2D eigenvalue weighted by atomic mass is 10.0. The zero-order chi connectivity index (χ0) is 20.0. The Morgan fingerprint density at radius 1 is 0.793 bits per heavy atom. The molecule has 0 bridgehead atoms. The summed E-state index contributed by atoms with van der Waals surface area (Å²) in [4.78, 5) is 18.5. The monoisotopic (exact) mass is 382 g/mol. The number of methoxy groups -OCH3 is 2. The van der Waals surface area contributed by atoms with Crippen LogP contribution in [0.15, 0.2) is 72.8 Å². The van der Waals surface area contributed by atoms with Crippen LogP contribution in [0.2, 0.25) is 0 Å². The van der Waals surface area contributed by atoms with Gasteiger partial charge in [0.15, 0.2) is 11.5 Å². The lowest BCUT2D eigenvalue weighted by Crippen LogP contribution is -2.10. The lowest BCUT2D eigenvalue weighted by molar-refractivity contribution is 0.0967. The number of nitrogens with zero attached hydrogens (tertiary/aromatic N) is 2. The molecule has 5 heteroatoms. The van der Waals surface area contributed by atoms with Crippen LogP contribution in [0.5, 0.6) is 11.5 Å². The standard InChI is InChI=1S/C24H18N2O3/c1-28-18-14-13-17-19(22(18)29-2)24(27)26-21(16-11-7-4-8-12-16)20(25-23(17)26)15-9-5-3-6-10-15/h3-14H,1-2H3. The molecule has 0 fully saturated rings. The molecular formula is C24H18N2O3. The van der Waals surface area contributed by atoms with E-state index in [-0.39, 0.29) is 5.91 Å². The molecule has 0 unspecified atom stereocenters. The van der Waals surface area contributed by atoms with Gasteiger partial charge in [-0.25, -0.2) is 4.98 Å². The van der Waals surface area contributed by atoms with Crippen LogP contribution in [0.4, 0.5) is 0 Å². The topological polar surface area (TPSA) is 53.4 Å². The predicted molar refractivity (Wildman–Crippen MR) is 111 cm³/mol. The maximum Gasteiger partial charge on any atom is 0.268 e. The average Bonchev–Trinajstić information content (AvgIpc) is 3.30. The molecule has 2 heterocycles. The molecule has 5 nitrogen and oxygen atoms in total. The van der Waals surface area contributed by atoms with Gasteiger partial charge in [0.2, 0.25) is 0 Å². The first kappa shape index (κ1) is 17.3. The Morgan fingerprint density at radius 3 is 2.07 bits per heavy atom. The van der Waals surface area contributed by atoms with Gasteiger partial charge in [0.1, 0.15) is 5.82 Å². The molecular weight excluding hydrogens is 364 g/mol. The second-order valence-electron chi connectivity index (χ2n) is 6.73. The van der Waals surface area contributed by atoms with Crippen molar-refractivity contribution in [3.63, 3.8) is 0 Å². The Labute approximate surface area is 168 Å². The van der Waals surface area contributed by atoms with Gasteiger partial charge in [0, 0.05) is 16.7 Å². The van der Waals surface area contributed by atoms with Crippen LogP contribution < -0.4 is 9.47 Å². The fourth-order valence-corrected chi connectivity index (χ4v) is 3.90. The number of hydrogen-bond donors (Lipinski definition) is 0. The van der Waals surface area contributed by atoms with E-state index >= 15 is 0 Å². The van der Waals surface area contributed by atoms with Gasteiger partial charge in [-0.3, -0.25) is 9.36 Å². The number of rotatable bonds is 4. The minimum Gasteiger partial charge on any atom is -0.493 e. The molecule has 3 aromatic carbocycles. The van der Waals surface area contributed by atoms with Crippen LogP contribution in [0, 0.1) is 0 Å². The molecule has 4 aromatic rings. The SMILES string of the molecule is COc1ccc2c(c1OC)C(=O)n1c-2nc(-c2ccccc2)c1-c1ccccc1. The fourth-order valence-electron chi connectivity index (χ4n) is 3.90. The third-order valence-electron chi connectivity index (χ3n) is 5.18. The van der Waals surface area contributed by atoms with Crippen molar-refractivity contribution in [3.8, 4) is 45.4 Å². The first-order chi connectivity index (χ1) is 14.2. The first-order valence-corrected chi connectivity index (χ1v) is 9.28. The summed E-state index contributed by atoms with van der Waals surface area (Å²) in [7, 11) is 3.10. The highest BCUT2D eigenvalue weighted by atomic mass is 16.5. The molecule has 142 valence electrons. The molecule has 1 aliphatic rings. The number of carbonyl (C=O) groups excluding carboxylic acids is 1. The fraction of sp³-hybridized carbons (Fsp3) is 0.0833. The van der Waals surface area contributed by atoms with Crippen molar-refractivity contribution in [2.75, 3.05) is 14.2 Å². The summed E-state index contributed by atoms with van der Waals surface area (Å²) in [6.07, 6.45) is 0. The molecule has 1 aromatic heterocycles. The van der Waals surface area contributed by atoms with Crippen molar-refractivity contribution in [3.05, 3.63) is 78.4 Å². The van der Waals surface area contributed by atoms with Gasteiger partial charge in [0.25, 0.3) is 5.91 Å². The second-order valence-corrected chi connectivity index (χ2v) is 6.73. The molecule has 5 rings (SSSR count). The van der Waals surface area contributed by atoms with Crippen molar-refractivity contribution < 1.29 is 14.3 Å². The zero-order valence-electron chi connectivity index (χ0n) is 16.0. The molecule has 0 radical (unpaired) electrons. The van der Waals surface area contributed by atoms with Gasteiger partial charge in [-0.15, -0.1) is 0 Å². The van der Waals surface area contributed by atoms with E-state index in [2.05, 4.69) is 0 Å². The van der Waals surface area contributed by atoms with Crippen molar-refractivity contribution in [2.24, 2.45) is 0 Å². The number of imidazole rings is 1. The third kappa shape index (κ3) is 2.48. The van der Waals surface area contributed by atoms with Crippen LogP contribution in [0.3, 0.4) is 0 Å². The highest BCUT2D eigenvalue weighted by molar-refractivity contribution is 6.14. The number of ether oxygens (including phenoxy) is 2. The Kier molecular flexibility index (Phi) is 3.95. The summed E-state index contributed by atoms with van der Waals surface area (Å²) in [6.45, 7) is 0. The van der Waals surface area contributed by atoms with Gasteiger partial charge in [-0.1, -0.05) is 60.7 Å².